The Morgan fingerprint density at radius 1 is 1.50 bits per heavy atom. The van der Waals surface area contributed by atoms with Crippen molar-refractivity contribution in [1.82, 2.24) is 0 Å². The molecule has 0 radical (unpaired) electrons. The number of amides is 1. The number of carbonyl (C=O) groups is 1. The van der Waals surface area contributed by atoms with Crippen LogP contribution >= 0.6 is 11.8 Å². The van der Waals surface area contributed by atoms with Crippen LogP contribution < -0.4 is 4.90 Å². The average Bonchev–Trinajstić information content (AvgIpc) is 2.58. The second-order valence-electron chi connectivity index (χ2n) is 3.90. The Morgan fingerprint density at radius 2 is 2.25 bits per heavy atom. The van der Waals surface area contributed by atoms with E-state index < -0.39 is 0 Å². The van der Waals surface area contributed by atoms with Crippen LogP contribution in [0.5, 0.6) is 0 Å². The fourth-order valence-electron chi connectivity index (χ4n) is 1.86. The highest BCUT2D eigenvalue weighted by Crippen LogP contribution is 2.35. The zero-order valence-electron chi connectivity index (χ0n) is 9.62. The molecule has 1 amide bonds. The first-order chi connectivity index (χ1) is 7.63. The highest BCUT2D eigenvalue weighted by atomic mass is 32.2. The lowest BCUT2D eigenvalue weighted by Crippen LogP contribution is -2.24. The lowest BCUT2D eigenvalue weighted by molar-refractivity contribution is -0.115. The molecule has 1 aliphatic heterocycles. The summed E-state index contributed by atoms with van der Waals surface area (Å²) in [4.78, 5) is 13.6. The Kier molecular flexibility index (Phi) is 3.06. The molecular weight excluding hydrogens is 218 g/mol. The first kappa shape index (κ1) is 11.3. The van der Waals surface area contributed by atoms with Crippen LogP contribution in [0.3, 0.4) is 0 Å². The van der Waals surface area contributed by atoms with Crippen molar-refractivity contribution in [3.05, 3.63) is 40.9 Å². The average molecular weight is 233 g/mol. The molecule has 0 unspecified atom stereocenters. The van der Waals surface area contributed by atoms with Crippen LogP contribution in [-0.2, 0) is 11.2 Å². The third kappa shape index (κ3) is 1.87. The van der Waals surface area contributed by atoms with Crippen LogP contribution in [0.2, 0.25) is 0 Å². The zero-order chi connectivity index (χ0) is 11.7. The molecular formula is C13H15NOS. The molecule has 1 aromatic rings. The predicted octanol–water partition coefficient (Wildman–Crippen LogP) is 3.11. The Labute approximate surface area is 100 Å². The first-order valence-corrected chi connectivity index (χ1v) is 6.36. The van der Waals surface area contributed by atoms with Gasteiger partial charge in [0.05, 0.1) is 16.5 Å². The number of nitrogens with zero attached hydrogens (tertiary/aromatic N) is 1. The Hall–Kier alpha value is -1.22. The molecule has 2 rings (SSSR count). The van der Waals surface area contributed by atoms with Gasteiger partial charge in [-0.25, -0.2) is 0 Å². The third-order valence-corrected chi connectivity index (χ3v) is 3.63. The van der Waals surface area contributed by atoms with Gasteiger partial charge in [-0.2, -0.15) is 0 Å². The van der Waals surface area contributed by atoms with Gasteiger partial charge >= 0.3 is 0 Å². The summed E-state index contributed by atoms with van der Waals surface area (Å²) in [6.45, 7) is 8.08. The Bertz CT molecular complexity index is 437. The van der Waals surface area contributed by atoms with Crippen LogP contribution in [0, 0.1) is 6.92 Å². The van der Waals surface area contributed by atoms with Gasteiger partial charge in [0.1, 0.15) is 0 Å². The number of hydrogen-bond acceptors (Lipinski definition) is 2. The van der Waals surface area contributed by atoms with Crippen LogP contribution in [-0.4, -0.2) is 11.7 Å². The minimum atomic E-state index is 0.135. The normalized spacial score (nSPS) is 16.0. The van der Waals surface area contributed by atoms with Crippen LogP contribution in [0.4, 0.5) is 5.69 Å². The molecule has 1 saturated heterocycles. The lowest BCUT2D eigenvalue weighted by Gasteiger charge is -2.20. The van der Waals surface area contributed by atoms with Crippen molar-refractivity contribution in [3.8, 4) is 0 Å². The highest BCUT2D eigenvalue weighted by Gasteiger charge is 2.27. The Morgan fingerprint density at radius 3 is 2.81 bits per heavy atom. The summed E-state index contributed by atoms with van der Waals surface area (Å²) in [5, 5.41) is 0.838. The van der Waals surface area contributed by atoms with Crippen molar-refractivity contribution in [1.29, 1.82) is 0 Å². The molecule has 0 bridgehead atoms. The number of carbonyl (C=O) groups excluding carboxylic acids is 1. The standard InChI is InChI=1S/C13H15NOS/c1-4-11-6-5-9(2)7-12(11)14-10(3)16-8-13(14)15/h5-7H,3-4,8H2,1-2H3. The van der Waals surface area contributed by atoms with E-state index in [0.717, 1.165) is 17.1 Å². The summed E-state index contributed by atoms with van der Waals surface area (Å²) >= 11 is 1.52. The van der Waals surface area contributed by atoms with Crippen LogP contribution in [0.1, 0.15) is 18.1 Å². The van der Waals surface area contributed by atoms with E-state index in [4.69, 9.17) is 0 Å². The summed E-state index contributed by atoms with van der Waals surface area (Å²) in [6.07, 6.45) is 0.928. The molecule has 16 heavy (non-hydrogen) atoms. The molecule has 1 fully saturated rings. The van der Waals surface area contributed by atoms with Gasteiger partial charge in [-0.15, -0.1) is 0 Å². The van der Waals surface area contributed by atoms with E-state index in [9.17, 15) is 4.79 Å². The Balaban J connectivity index is 2.49. The molecule has 0 N–H and O–H groups in total. The number of anilines is 1. The van der Waals surface area contributed by atoms with Crippen molar-refractivity contribution in [2.24, 2.45) is 0 Å². The molecule has 0 saturated carbocycles. The van der Waals surface area contributed by atoms with Gasteiger partial charge in [-0.1, -0.05) is 37.4 Å². The van der Waals surface area contributed by atoms with Crippen LogP contribution in [0.15, 0.2) is 29.8 Å². The van der Waals surface area contributed by atoms with Crippen molar-refractivity contribution in [2.75, 3.05) is 10.7 Å². The number of thioether (sulfide) groups is 1. The predicted molar refractivity (Wildman–Crippen MR) is 69.6 cm³/mol. The van der Waals surface area contributed by atoms with E-state index in [1.807, 2.05) is 6.92 Å². The zero-order valence-corrected chi connectivity index (χ0v) is 10.4. The van der Waals surface area contributed by atoms with Gasteiger partial charge in [0.25, 0.3) is 0 Å². The highest BCUT2D eigenvalue weighted by molar-refractivity contribution is 8.04. The topological polar surface area (TPSA) is 20.3 Å². The largest absolute Gasteiger partial charge is 0.275 e. The van der Waals surface area contributed by atoms with E-state index in [-0.39, 0.29) is 5.91 Å². The van der Waals surface area contributed by atoms with Gasteiger partial charge in [0, 0.05) is 0 Å². The van der Waals surface area contributed by atoms with Gasteiger partial charge < -0.3 is 0 Å². The van der Waals surface area contributed by atoms with Gasteiger partial charge in [-0.3, -0.25) is 9.69 Å². The van der Waals surface area contributed by atoms with Crippen molar-refractivity contribution in [2.45, 2.75) is 20.3 Å². The third-order valence-electron chi connectivity index (χ3n) is 2.72. The number of hydrogen-bond donors (Lipinski definition) is 0. The second-order valence-corrected chi connectivity index (χ2v) is 4.95. The second kappa shape index (κ2) is 4.34. The summed E-state index contributed by atoms with van der Waals surface area (Å²) in [6, 6.07) is 6.24. The molecule has 1 aromatic carbocycles. The van der Waals surface area contributed by atoms with E-state index in [0.29, 0.717) is 5.75 Å². The maximum absolute atomic E-state index is 11.8. The SMILES string of the molecule is C=C1SCC(=O)N1c1cc(C)ccc1CC. The van der Waals surface area contributed by atoms with E-state index in [2.05, 4.69) is 31.7 Å². The fraction of sp³-hybridized carbons (Fsp3) is 0.308. The van der Waals surface area contributed by atoms with Crippen molar-refractivity contribution < 1.29 is 4.79 Å². The fourth-order valence-corrected chi connectivity index (χ4v) is 2.61. The molecule has 0 atom stereocenters. The quantitative estimate of drug-likeness (QED) is 0.782. The molecule has 2 nitrogen and oxygen atoms in total. The lowest BCUT2D eigenvalue weighted by atomic mass is 10.1. The van der Waals surface area contributed by atoms with Crippen LogP contribution in [0.25, 0.3) is 0 Å². The van der Waals surface area contributed by atoms with Gasteiger partial charge in [-0.05, 0) is 30.5 Å². The molecule has 0 spiro atoms. The molecule has 0 aromatic heterocycles. The molecule has 1 heterocycles. The summed E-state index contributed by atoms with van der Waals surface area (Å²) in [7, 11) is 0. The van der Waals surface area contributed by atoms with Crippen molar-refractivity contribution >= 4 is 23.4 Å². The van der Waals surface area contributed by atoms with Gasteiger partial charge in [0.15, 0.2) is 0 Å². The smallest absolute Gasteiger partial charge is 0.242 e. The molecule has 84 valence electrons. The molecule has 0 aliphatic carbocycles. The van der Waals surface area contributed by atoms with E-state index >= 15 is 0 Å². The summed E-state index contributed by atoms with van der Waals surface area (Å²) < 4.78 is 0. The monoisotopic (exact) mass is 233 g/mol. The minimum Gasteiger partial charge on any atom is -0.275 e. The minimum absolute atomic E-state index is 0.135. The van der Waals surface area contributed by atoms with E-state index in [1.165, 1.54) is 22.9 Å². The number of benzene rings is 1. The van der Waals surface area contributed by atoms with Gasteiger partial charge in [0.2, 0.25) is 5.91 Å². The maximum atomic E-state index is 11.8. The summed E-state index contributed by atoms with van der Waals surface area (Å²) in [5.41, 5.74) is 3.37. The maximum Gasteiger partial charge on any atom is 0.242 e. The number of rotatable bonds is 2. The first-order valence-electron chi connectivity index (χ1n) is 5.37. The molecule has 3 heteroatoms. The van der Waals surface area contributed by atoms with Crippen molar-refractivity contribution in [3.63, 3.8) is 0 Å². The number of aryl methyl sites for hydroxylation is 2. The van der Waals surface area contributed by atoms with E-state index in [1.54, 1.807) is 4.90 Å². The summed E-state index contributed by atoms with van der Waals surface area (Å²) in [5.74, 6) is 0.644. The molecule has 1 aliphatic rings.